The summed E-state index contributed by atoms with van der Waals surface area (Å²) in [4.78, 5) is 0. The molecule has 0 radical (unpaired) electrons. The van der Waals surface area contributed by atoms with Gasteiger partial charge >= 0.3 is 0 Å². The largest absolute Gasteiger partial charge is 0.310 e. The molecule has 0 fully saturated rings. The molecule has 21 heavy (non-hydrogen) atoms. The lowest BCUT2D eigenvalue weighted by molar-refractivity contribution is 0.475. The van der Waals surface area contributed by atoms with Gasteiger partial charge in [0.15, 0.2) is 0 Å². The molecule has 1 aromatic carbocycles. The summed E-state index contributed by atoms with van der Waals surface area (Å²) in [6.07, 6.45) is 10.2. The molecule has 0 aliphatic rings. The normalized spacial score (nSPS) is 12.6. The van der Waals surface area contributed by atoms with Crippen LogP contribution in [0.25, 0.3) is 0 Å². The molecule has 1 N–H and O–H groups in total. The number of benzene rings is 1. The van der Waals surface area contributed by atoms with E-state index in [1.54, 1.807) is 0 Å². The minimum Gasteiger partial charge on any atom is -0.310 e. The van der Waals surface area contributed by atoms with Gasteiger partial charge < -0.3 is 5.32 Å². The molecular weight excluding hydrogens is 285 g/mol. The summed E-state index contributed by atoms with van der Waals surface area (Å²) in [5.41, 5.74) is 1.02. The van der Waals surface area contributed by atoms with E-state index in [1.165, 1.54) is 57.1 Å². The van der Waals surface area contributed by atoms with Crippen molar-refractivity contribution in [2.24, 2.45) is 0 Å². The lowest BCUT2D eigenvalue weighted by Crippen LogP contribution is -2.21. The fourth-order valence-electron chi connectivity index (χ4n) is 2.70. The average molecular weight is 314 g/mol. The smallest absolute Gasteiger partial charge is 0.124 e. The molecule has 0 spiro atoms. The Bertz CT molecular complexity index is 395. The number of unbranched alkanes of at least 4 members (excludes halogenated alkanes) is 6. The number of hydrogen-bond acceptors (Lipinski definition) is 1. The number of rotatable bonds is 11. The van der Waals surface area contributed by atoms with Crippen molar-refractivity contribution in [1.29, 1.82) is 0 Å². The Balaban J connectivity index is 2.39. The second-order valence-electron chi connectivity index (χ2n) is 5.69. The molecule has 1 unspecified atom stereocenters. The first-order chi connectivity index (χ1) is 10.2. The van der Waals surface area contributed by atoms with Crippen LogP contribution < -0.4 is 5.32 Å². The zero-order valence-electron chi connectivity index (χ0n) is 13.4. The summed E-state index contributed by atoms with van der Waals surface area (Å²) in [6.45, 7) is 5.23. The van der Waals surface area contributed by atoms with Crippen LogP contribution in [0, 0.1) is 5.82 Å². The molecule has 0 amide bonds. The first-order valence-electron chi connectivity index (χ1n) is 8.37. The fraction of sp³-hybridized carbons (Fsp3) is 0.667. The van der Waals surface area contributed by atoms with E-state index < -0.39 is 0 Å². The molecule has 0 aliphatic carbocycles. The second-order valence-corrected chi connectivity index (χ2v) is 6.09. The van der Waals surface area contributed by atoms with E-state index in [4.69, 9.17) is 11.6 Å². The molecule has 0 aromatic heterocycles. The third kappa shape index (κ3) is 7.28. The van der Waals surface area contributed by atoms with Crippen molar-refractivity contribution in [2.75, 3.05) is 6.54 Å². The van der Waals surface area contributed by atoms with E-state index in [1.807, 2.05) is 6.07 Å². The molecule has 1 nitrogen and oxygen atoms in total. The van der Waals surface area contributed by atoms with E-state index in [9.17, 15) is 4.39 Å². The van der Waals surface area contributed by atoms with Gasteiger partial charge in [0.25, 0.3) is 0 Å². The van der Waals surface area contributed by atoms with E-state index in [2.05, 4.69) is 19.2 Å². The van der Waals surface area contributed by atoms with Gasteiger partial charge in [-0.25, -0.2) is 4.39 Å². The van der Waals surface area contributed by atoms with Gasteiger partial charge in [0, 0.05) is 11.1 Å². The SMILES string of the molecule is CCCCCCCCCC(NCC)c1ccc(F)cc1Cl. The first-order valence-corrected chi connectivity index (χ1v) is 8.75. The van der Waals surface area contributed by atoms with Crippen LogP contribution in [0.4, 0.5) is 4.39 Å². The topological polar surface area (TPSA) is 12.0 Å². The Labute approximate surface area is 134 Å². The lowest BCUT2D eigenvalue weighted by Gasteiger charge is -2.19. The van der Waals surface area contributed by atoms with Crippen molar-refractivity contribution in [2.45, 2.75) is 71.3 Å². The Morgan fingerprint density at radius 2 is 1.71 bits per heavy atom. The molecule has 0 heterocycles. The predicted octanol–water partition coefficient (Wildman–Crippen LogP) is 6.27. The highest BCUT2D eigenvalue weighted by atomic mass is 35.5. The van der Waals surface area contributed by atoms with E-state index >= 15 is 0 Å². The Hall–Kier alpha value is -0.600. The van der Waals surface area contributed by atoms with Crippen LogP contribution in [0.15, 0.2) is 18.2 Å². The predicted molar refractivity (Wildman–Crippen MR) is 90.4 cm³/mol. The van der Waals surface area contributed by atoms with Crippen molar-refractivity contribution in [1.82, 2.24) is 5.32 Å². The monoisotopic (exact) mass is 313 g/mol. The Morgan fingerprint density at radius 1 is 1.05 bits per heavy atom. The minimum absolute atomic E-state index is 0.235. The summed E-state index contributed by atoms with van der Waals surface area (Å²) >= 11 is 6.18. The maximum absolute atomic E-state index is 13.1. The fourth-order valence-corrected chi connectivity index (χ4v) is 3.00. The minimum atomic E-state index is -0.269. The van der Waals surface area contributed by atoms with Gasteiger partial charge in [-0.1, -0.05) is 76.5 Å². The Kier molecular flexibility index (Phi) is 9.69. The van der Waals surface area contributed by atoms with Crippen LogP contribution >= 0.6 is 11.6 Å². The van der Waals surface area contributed by atoms with Gasteiger partial charge in [-0.2, -0.15) is 0 Å². The molecule has 1 atom stereocenters. The molecule has 120 valence electrons. The van der Waals surface area contributed by atoms with Gasteiger partial charge in [-0.3, -0.25) is 0 Å². The zero-order valence-corrected chi connectivity index (χ0v) is 14.2. The molecular formula is C18H29ClFN. The maximum atomic E-state index is 13.1. The number of halogens is 2. The maximum Gasteiger partial charge on any atom is 0.124 e. The standard InChI is InChI=1S/C18H29ClFN/c1-3-5-6-7-8-9-10-11-18(21-4-2)16-13-12-15(20)14-17(16)19/h12-14,18,21H,3-11H2,1-2H3. The van der Waals surface area contributed by atoms with E-state index in [0.717, 1.165) is 18.5 Å². The summed E-state index contributed by atoms with van der Waals surface area (Å²) in [7, 11) is 0. The van der Waals surface area contributed by atoms with Gasteiger partial charge in [-0.05, 0) is 30.7 Å². The highest BCUT2D eigenvalue weighted by molar-refractivity contribution is 6.31. The van der Waals surface area contributed by atoms with Crippen molar-refractivity contribution in [3.8, 4) is 0 Å². The van der Waals surface area contributed by atoms with Crippen molar-refractivity contribution >= 4 is 11.6 Å². The van der Waals surface area contributed by atoms with E-state index in [-0.39, 0.29) is 11.9 Å². The molecule has 3 heteroatoms. The van der Waals surface area contributed by atoms with Crippen molar-refractivity contribution in [3.63, 3.8) is 0 Å². The van der Waals surface area contributed by atoms with Gasteiger partial charge in [-0.15, -0.1) is 0 Å². The average Bonchev–Trinajstić information content (AvgIpc) is 2.45. The van der Waals surface area contributed by atoms with Gasteiger partial charge in [0.1, 0.15) is 5.82 Å². The highest BCUT2D eigenvalue weighted by Crippen LogP contribution is 2.27. The van der Waals surface area contributed by atoms with Crippen LogP contribution in [0.3, 0.4) is 0 Å². The second kappa shape index (κ2) is 11.0. The quantitative estimate of drug-likeness (QED) is 0.475. The third-order valence-corrected chi connectivity index (χ3v) is 4.21. The summed E-state index contributed by atoms with van der Waals surface area (Å²) < 4.78 is 13.1. The molecule has 0 bridgehead atoms. The van der Waals surface area contributed by atoms with Crippen molar-refractivity contribution < 1.29 is 4.39 Å². The van der Waals surface area contributed by atoms with Gasteiger partial charge in [0.2, 0.25) is 0 Å². The van der Waals surface area contributed by atoms with Crippen LogP contribution in [-0.4, -0.2) is 6.54 Å². The molecule has 0 saturated heterocycles. The lowest BCUT2D eigenvalue weighted by atomic mass is 9.99. The summed E-state index contributed by atoms with van der Waals surface area (Å²) in [6, 6.07) is 4.95. The van der Waals surface area contributed by atoms with Crippen LogP contribution in [-0.2, 0) is 0 Å². The third-order valence-electron chi connectivity index (χ3n) is 3.88. The van der Waals surface area contributed by atoms with E-state index in [0.29, 0.717) is 5.02 Å². The number of nitrogens with one attached hydrogen (secondary N) is 1. The molecule has 1 aromatic rings. The first kappa shape index (κ1) is 18.4. The number of hydrogen-bond donors (Lipinski definition) is 1. The highest BCUT2D eigenvalue weighted by Gasteiger charge is 2.13. The van der Waals surface area contributed by atoms with Crippen LogP contribution in [0.1, 0.15) is 76.8 Å². The van der Waals surface area contributed by atoms with Crippen LogP contribution in [0.5, 0.6) is 0 Å². The molecule has 1 rings (SSSR count). The summed E-state index contributed by atoms with van der Waals surface area (Å²) in [5.74, 6) is -0.269. The van der Waals surface area contributed by atoms with Crippen LogP contribution in [0.2, 0.25) is 5.02 Å². The molecule has 0 aliphatic heterocycles. The summed E-state index contributed by atoms with van der Waals surface area (Å²) in [5, 5.41) is 3.99. The molecule has 0 saturated carbocycles. The Morgan fingerprint density at radius 3 is 2.33 bits per heavy atom. The zero-order chi connectivity index (χ0) is 15.5. The van der Waals surface area contributed by atoms with Crippen molar-refractivity contribution in [3.05, 3.63) is 34.6 Å². The van der Waals surface area contributed by atoms with Gasteiger partial charge in [0.05, 0.1) is 0 Å².